The second-order valence-corrected chi connectivity index (χ2v) is 9.73. The maximum Gasteiger partial charge on any atom is 0.0861 e. The van der Waals surface area contributed by atoms with E-state index in [2.05, 4.69) is 35.3 Å². The highest BCUT2D eigenvalue weighted by Gasteiger charge is 2.59. The van der Waals surface area contributed by atoms with Gasteiger partial charge in [0.05, 0.1) is 18.0 Å². The molecule has 0 spiro atoms. The number of aliphatic hydroxyl groups is 1. The fourth-order valence-corrected chi connectivity index (χ4v) is 7.51. The third-order valence-electron chi connectivity index (χ3n) is 8.87. The Labute approximate surface area is 150 Å². The number of aromatic nitrogens is 3. The third-order valence-corrected chi connectivity index (χ3v) is 8.87. The molecule has 0 amide bonds. The number of aromatic amines is 1. The van der Waals surface area contributed by atoms with E-state index in [1.54, 1.807) is 5.57 Å². The van der Waals surface area contributed by atoms with Crippen LogP contribution in [0.4, 0.5) is 0 Å². The Kier molecular flexibility index (Phi) is 3.48. The van der Waals surface area contributed by atoms with Crippen molar-refractivity contribution >= 4 is 0 Å². The second-order valence-electron chi connectivity index (χ2n) is 9.73. The summed E-state index contributed by atoms with van der Waals surface area (Å²) in [5, 5.41) is 21.5. The van der Waals surface area contributed by atoms with Crippen LogP contribution in [-0.4, -0.2) is 26.6 Å². The van der Waals surface area contributed by atoms with Crippen molar-refractivity contribution in [3.8, 4) is 0 Å². The van der Waals surface area contributed by atoms with Gasteiger partial charge in [-0.3, -0.25) is 0 Å². The summed E-state index contributed by atoms with van der Waals surface area (Å²) < 4.78 is 0. The summed E-state index contributed by atoms with van der Waals surface area (Å²) >= 11 is 0. The van der Waals surface area contributed by atoms with Gasteiger partial charge in [-0.25, -0.2) is 0 Å². The number of allylic oxidation sites excluding steroid dienone is 1. The molecule has 2 N–H and O–H groups in total. The van der Waals surface area contributed by atoms with Crippen LogP contribution in [-0.2, 0) is 0 Å². The summed E-state index contributed by atoms with van der Waals surface area (Å²) in [7, 11) is 0. The van der Waals surface area contributed by atoms with Crippen LogP contribution >= 0.6 is 0 Å². The van der Waals surface area contributed by atoms with E-state index in [4.69, 9.17) is 0 Å². The first-order chi connectivity index (χ1) is 12.0. The van der Waals surface area contributed by atoms with Gasteiger partial charge in [-0.05, 0) is 80.0 Å². The van der Waals surface area contributed by atoms with Crippen molar-refractivity contribution < 1.29 is 5.11 Å². The molecule has 4 aliphatic carbocycles. The van der Waals surface area contributed by atoms with Crippen LogP contribution in [0.15, 0.2) is 17.8 Å². The maximum atomic E-state index is 10.1. The number of nitrogens with zero attached hydrogens (tertiary/aromatic N) is 2. The number of hydrogen-bond acceptors (Lipinski definition) is 3. The van der Waals surface area contributed by atoms with E-state index in [1.807, 2.05) is 6.20 Å². The van der Waals surface area contributed by atoms with Gasteiger partial charge in [-0.1, -0.05) is 25.5 Å². The minimum Gasteiger partial charge on any atom is -0.393 e. The number of H-pyrrole nitrogens is 1. The molecule has 0 bridgehead atoms. The highest BCUT2D eigenvalue weighted by molar-refractivity contribution is 5.26. The van der Waals surface area contributed by atoms with Crippen LogP contribution in [0.1, 0.15) is 76.8 Å². The summed E-state index contributed by atoms with van der Waals surface area (Å²) in [4.78, 5) is 0. The van der Waals surface area contributed by atoms with E-state index in [0.717, 1.165) is 30.6 Å². The number of hydrogen-bond donors (Lipinski definition) is 2. The van der Waals surface area contributed by atoms with Gasteiger partial charge in [-0.15, -0.1) is 0 Å². The number of aliphatic hydroxyl groups excluding tert-OH is 1. The minimum absolute atomic E-state index is 0.104. The van der Waals surface area contributed by atoms with Crippen molar-refractivity contribution in [2.45, 2.75) is 77.2 Å². The van der Waals surface area contributed by atoms with Crippen LogP contribution in [0, 0.1) is 28.6 Å². The molecule has 0 saturated heterocycles. The van der Waals surface area contributed by atoms with Gasteiger partial charge < -0.3 is 5.11 Å². The summed E-state index contributed by atoms with van der Waals surface area (Å²) in [5.41, 5.74) is 3.48. The van der Waals surface area contributed by atoms with Crippen molar-refractivity contribution in [3.05, 3.63) is 23.5 Å². The molecule has 0 aromatic carbocycles. The molecule has 3 fully saturated rings. The Morgan fingerprint density at radius 2 is 2.00 bits per heavy atom. The molecule has 4 aliphatic rings. The van der Waals surface area contributed by atoms with E-state index in [0.29, 0.717) is 16.7 Å². The normalized spacial score (nSPS) is 49.1. The molecule has 7 atom stereocenters. The lowest BCUT2D eigenvalue weighted by Crippen LogP contribution is -2.50. The van der Waals surface area contributed by atoms with Crippen molar-refractivity contribution in [2.24, 2.45) is 28.6 Å². The van der Waals surface area contributed by atoms with Crippen molar-refractivity contribution in [2.75, 3.05) is 0 Å². The molecule has 1 heterocycles. The van der Waals surface area contributed by atoms with E-state index in [-0.39, 0.29) is 6.10 Å². The van der Waals surface area contributed by atoms with Crippen LogP contribution in [0.5, 0.6) is 0 Å². The number of rotatable bonds is 1. The lowest BCUT2D eigenvalue weighted by Gasteiger charge is -2.58. The van der Waals surface area contributed by atoms with E-state index >= 15 is 0 Å². The van der Waals surface area contributed by atoms with E-state index in [1.165, 1.54) is 44.2 Å². The topological polar surface area (TPSA) is 61.8 Å². The Morgan fingerprint density at radius 1 is 1.12 bits per heavy atom. The quantitative estimate of drug-likeness (QED) is 0.752. The van der Waals surface area contributed by atoms with E-state index in [9.17, 15) is 5.11 Å². The van der Waals surface area contributed by atoms with Gasteiger partial charge in [0.1, 0.15) is 0 Å². The SMILES string of the molecule is C[C@]12CC[C@H]3[C@@H](CC=C4C[C@@H](O)CC[C@@]43C)[C@@H]1CC[C@@H]2c1cn[nH]n1. The zero-order chi connectivity index (χ0) is 17.2. The van der Waals surface area contributed by atoms with Crippen molar-refractivity contribution in [3.63, 3.8) is 0 Å². The number of fused-ring (bicyclic) bond motifs is 5. The highest BCUT2D eigenvalue weighted by atomic mass is 16.3. The van der Waals surface area contributed by atoms with Crippen LogP contribution < -0.4 is 0 Å². The predicted octanol–water partition coefficient (Wildman–Crippen LogP) is 4.21. The lowest BCUT2D eigenvalue weighted by atomic mass is 9.47. The molecule has 136 valence electrons. The highest BCUT2D eigenvalue weighted by Crippen LogP contribution is 2.67. The molecule has 25 heavy (non-hydrogen) atoms. The Morgan fingerprint density at radius 3 is 2.80 bits per heavy atom. The average molecular weight is 341 g/mol. The second kappa shape index (κ2) is 5.42. The largest absolute Gasteiger partial charge is 0.393 e. The molecule has 0 aliphatic heterocycles. The summed E-state index contributed by atoms with van der Waals surface area (Å²) in [5.74, 6) is 3.02. The zero-order valence-corrected chi connectivity index (χ0v) is 15.5. The first kappa shape index (κ1) is 16.0. The maximum absolute atomic E-state index is 10.1. The fraction of sp³-hybridized carbons (Fsp3) is 0.810. The molecule has 4 heteroatoms. The molecule has 4 nitrogen and oxygen atoms in total. The molecular formula is C21H31N3O. The standard InChI is InChI=1S/C21H31N3O/c1-20-9-7-14(25)11-13(20)3-4-15-16-5-6-18(19-12-22-24-23-19)21(16,2)10-8-17(15)20/h3,12,14-18,25H,4-11H2,1-2H3,(H,22,23,24)/t14-,15-,16-,17-,18+,20-,21-/m0/s1. The molecule has 3 saturated carbocycles. The van der Waals surface area contributed by atoms with Gasteiger partial charge >= 0.3 is 0 Å². The Balaban J connectivity index is 1.47. The van der Waals surface area contributed by atoms with Crippen LogP contribution in [0.2, 0.25) is 0 Å². The summed E-state index contributed by atoms with van der Waals surface area (Å²) in [6, 6.07) is 0. The first-order valence-electron chi connectivity index (χ1n) is 10.3. The van der Waals surface area contributed by atoms with Gasteiger partial charge in [0.15, 0.2) is 0 Å². The van der Waals surface area contributed by atoms with Crippen molar-refractivity contribution in [1.82, 2.24) is 15.4 Å². The van der Waals surface area contributed by atoms with Gasteiger partial charge in [-0.2, -0.15) is 15.4 Å². The molecule has 1 aromatic rings. The molecule has 0 unspecified atom stereocenters. The molecule has 1 aromatic heterocycles. The average Bonchev–Trinajstić information content (AvgIpc) is 3.22. The van der Waals surface area contributed by atoms with Gasteiger partial charge in [0.2, 0.25) is 0 Å². The zero-order valence-electron chi connectivity index (χ0n) is 15.5. The molecule has 0 radical (unpaired) electrons. The molecular weight excluding hydrogens is 310 g/mol. The van der Waals surface area contributed by atoms with Gasteiger partial charge in [0.25, 0.3) is 0 Å². The first-order valence-corrected chi connectivity index (χ1v) is 10.3. The lowest BCUT2D eigenvalue weighted by molar-refractivity contribution is -0.0412. The fourth-order valence-electron chi connectivity index (χ4n) is 7.51. The molecule has 5 rings (SSSR count). The van der Waals surface area contributed by atoms with E-state index < -0.39 is 0 Å². The van der Waals surface area contributed by atoms with Gasteiger partial charge in [0, 0.05) is 5.92 Å². The minimum atomic E-state index is -0.104. The monoisotopic (exact) mass is 341 g/mol. The van der Waals surface area contributed by atoms with Crippen molar-refractivity contribution in [1.29, 1.82) is 0 Å². The van der Waals surface area contributed by atoms with Crippen LogP contribution in [0.3, 0.4) is 0 Å². The Hall–Kier alpha value is -1.16. The predicted molar refractivity (Wildman–Crippen MR) is 96.8 cm³/mol. The summed E-state index contributed by atoms with van der Waals surface area (Å²) in [6.07, 6.45) is 14.0. The smallest absolute Gasteiger partial charge is 0.0861 e. The summed E-state index contributed by atoms with van der Waals surface area (Å²) in [6.45, 7) is 5.04. The number of nitrogens with one attached hydrogen (secondary N) is 1. The van der Waals surface area contributed by atoms with Crippen LogP contribution in [0.25, 0.3) is 0 Å². The Bertz CT molecular complexity index is 683. The third kappa shape index (κ3) is 2.16.